The van der Waals surface area contributed by atoms with E-state index in [-0.39, 0.29) is 12.4 Å². The van der Waals surface area contributed by atoms with Crippen molar-refractivity contribution in [3.05, 3.63) is 54.0 Å². The Bertz CT molecular complexity index is 471. The molecule has 0 spiro atoms. The molecule has 0 radical (unpaired) electrons. The van der Waals surface area contributed by atoms with E-state index < -0.39 is 0 Å². The van der Waals surface area contributed by atoms with Crippen molar-refractivity contribution in [2.45, 2.75) is 6.61 Å². The molecule has 1 aromatic carbocycles. The summed E-state index contributed by atoms with van der Waals surface area (Å²) in [7, 11) is 0. The topological polar surface area (TPSA) is 33.1 Å². The second-order valence-electron chi connectivity index (χ2n) is 3.22. The highest BCUT2D eigenvalue weighted by Gasteiger charge is 2.01. The van der Waals surface area contributed by atoms with Crippen molar-refractivity contribution in [3.8, 4) is 11.3 Å². The molecule has 76 valence electrons. The summed E-state index contributed by atoms with van der Waals surface area (Å²) in [5, 5.41) is 8.97. The van der Waals surface area contributed by atoms with E-state index >= 15 is 0 Å². The summed E-state index contributed by atoms with van der Waals surface area (Å²) < 4.78 is 12.9. The van der Waals surface area contributed by atoms with Gasteiger partial charge in [-0.05, 0) is 17.7 Å². The minimum Gasteiger partial charge on any atom is -0.392 e. The highest BCUT2D eigenvalue weighted by atomic mass is 19.1. The fourth-order valence-electron chi connectivity index (χ4n) is 1.39. The predicted octanol–water partition coefficient (Wildman–Crippen LogP) is 2.38. The van der Waals surface area contributed by atoms with Gasteiger partial charge in [-0.2, -0.15) is 0 Å². The molecule has 0 atom stereocenters. The van der Waals surface area contributed by atoms with Crippen molar-refractivity contribution in [1.82, 2.24) is 4.98 Å². The number of aliphatic hydroxyl groups excluding tert-OH is 1. The van der Waals surface area contributed by atoms with Crippen LogP contribution in [0.1, 0.15) is 5.56 Å². The molecule has 1 heterocycles. The number of pyridine rings is 1. The van der Waals surface area contributed by atoms with Gasteiger partial charge in [0.1, 0.15) is 5.82 Å². The first kappa shape index (κ1) is 9.80. The van der Waals surface area contributed by atoms with Crippen LogP contribution in [0.5, 0.6) is 0 Å². The number of benzene rings is 1. The van der Waals surface area contributed by atoms with E-state index in [4.69, 9.17) is 5.11 Å². The number of nitrogens with zero attached hydrogens (tertiary/aromatic N) is 1. The SMILES string of the molecule is OCc1cccc(-c2cc(F)ccn2)c1. The van der Waals surface area contributed by atoms with Gasteiger partial charge in [-0.15, -0.1) is 0 Å². The molecule has 0 amide bonds. The highest BCUT2D eigenvalue weighted by Crippen LogP contribution is 2.18. The van der Waals surface area contributed by atoms with E-state index in [0.717, 1.165) is 11.1 Å². The van der Waals surface area contributed by atoms with Gasteiger partial charge in [0.05, 0.1) is 12.3 Å². The molecule has 0 bridgehead atoms. The van der Waals surface area contributed by atoms with Crippen molar-refractivity contribution in [2.24, 2.45) is 0 Å². The molecule has 2 rings (SSSR count). The van der Waals surface area contributed by atoms with Gasteiger partial charge in [0.15, 0.2) is 0 Å². The summed E-state index contributed by atoms with van der Waals surface area (Å²) >= 11 is 0. The van der Waals surface area contributed by atoms with E-state index in [9.17, 15) is 4.39 Å². The van der Waals surface area contributed by atoms with Crippen molar-refractivity contribution in [1.29, 1.82) is 0 Å². The van der Waals surface area contributed by atoms with Crippen molar-refractivity contribution < 1.29 is 9.50 Å². The van der Waals surface area contributed by atoms with Crippen molar-refractivity contribution in [3.63, 3.8) is 0 Å². The summed E-state index contributed by atoms with van der Waals surface area (Å²) in [5.41, 5.74) is 2.17. The summed E-state index contributed by atoms with van der Waals surface area (Å²) in [5.74, 6) is -0.311. The lowest BCUT2D eigenvalue weighted by atomic mass is 10.1. The van der Waals surface area contributed by atoms with Crippen LogP contribution in [0.4, 0.5) is 4.39 Å². The third-order valence-electron chi connectivity index (χ3n) is 2.13. The van der Waals surface area contributed by atoms with E-state index in [1.807, 2.05) is 18.2 Å². The molecule has 2 nitrogen and oxygen atoms in total. The van der Waals surface area contributed by atoms with Crippen LogP contribution in [-0.4, -0.2) is 10.1 Å². The molecule has 0 unspecified atom stereocenters. The number of rotatable bonds is 2. The molecule has 0 saturated carbocycles. The standard InChI is InChI=1S/C12H10FNO/c13-11-4-5-14-12(7-11)10-3-1-2-9(6-10)8-15/h1-7,15H,8H2. The fraction of sp³-hybridized carbons (Fsp3) is 0.0833. The van der Waals surface area contributed by atoms with Crippen LogP contribution in [-0.2, 0) is 6.61 Å². The number of hydrogen-bond acceptors (Lipinski definition) is 2. The van der Waals surface area contributed by atoms with E-state index in [1.54, 1.807) is 6.07 Å². The lowest BCUT2D eigenvalue weighted by Crippen LogP contribution is -1.87. The maximum atomic E-state index is 12.9. The second-order valence-corrected chi connectivity index (χ2v) is 3.22. The molecule has 3 heteroatoms. The largest absolute Gasteiger partial charge is 0.392 e. The normalized spacial score (nSPS) is 10.3. The minimum absolute atomic E-state index is 0.0246. The summed E-state index contributed by atoms with van der Waals surface area (Å²) in [4.78, 5) is 4.06. The van der Waals surface area contributed by atoms with Crippen LogP contribution in [0.2, 0.25) is 0 Å². The first-order chi connectivity index (χ1) is 7.29. The van der Waals surface area contributed by atoms with Gasteiger partial charge in [0.2, 0.25) is 0 Å². The smallest absolute Gasteiger partial charge is 0.126 e. The number of aromatic nitrogens is 1. The summed E-state index contributed by atoms with van der Waals surface area (Å²) in [6.07, 6.45) is 1.43. The molecule has 0 fully saturated rings. The van der Waals surface area contributed by atoms with Crippen LogP contribution >= 0.6 is 0 Å². The molecule has 0 aliphatic heterocycles. The molecule has 1 N–H and O–H groups in total. The molecule has 1 aromatic heterocycles. The van der Waals surface area contributed by atoms with E-state index in [1.165, 1.54) is 18.3 Å². The van der Waals surface area contributed by atoms with Gasteiger partial charge in [0.25, 0.3) is 0 Å². The van der Waals surface area contributed by atoms with Crippen LogP contribution in [0, 0.1) is 5.82 Å². The Labute approximate surface area is 87.0 Å². The van der Waals surface area contributed by atoms with Crippen molar-refractivity contribution in [2.75, 3.05) is 0 Å². The molecular weight excluding hydrogens is 193 g/mol. The molecular formula is C12H10FNO. The zero-order chi connectivity index (χ0) is 10.7. The van der Waals surface area contributed by atoms with Gasteiger partial charge in [-0.1, -0.05) is 18.2 Å². The quantitative estimate of drug-likeness (QED) is 0.812. The van der Waals surface area contributed by atoms with Gasteiger partial charge < -0.3 is 5.11 Å². The monoisotopic (exact) mass is 203 g/mol. The van der Waals surface area contributed by atoms with Gasteiger partial charge in [-0.3, -0.25) is 4.98 Å². The minimum atomic E-state index is -0.311. The Morgan fingerprint density at radius 2 is 2.07 bits per heavy atom. The second kappa shape index (κ2) is 4.19. The number of halogens is 1. The molecule has 0 aliphatic rings. The predicted molar refractivity (Wildman–Crippen MR) is 55.6 cm³/mol. The van der Waals surface area contributed by atoms with Gasteiger partial charge in [-0.25, -0.2) is 4.39 Å². The first-order valence-corrected chi connectivity index (χ1v) is 4.61. The van der Waals surface area contributed by atoms with E-state index in [0.29, 0.717) is 5.69 Å². The summed E-state index contributed by atoms with van der Waals surface area (Å²) in [6.45, 7) is -0.0246. The molecule has 15 heavy (non-hydrogen) atoms. The third-order valence-corrected chi connectivity index (χ3v) is 2.13. The Kier molecular flexibility index (Phi) is 2.74. The zero-order valence-electron chi connectivity index (χ0n) is 8.02. The lowest BCUT2D eigenvalue weighted by Gasteiger charge is -2.02. The third kappa shape index (κ3) is 2.19. The van der Waals surface area contributed by atoms with Crippen LogP contribution in [0.3, 0.4) is 0 Å². The van der Waals surface area contributed by atoms with Crippen LogP contribution in [0.25, 0.3) is 11.3 Å². The fourth-order valence-corrected chi connectivity index (χ4v) is 1.39. The van der Waals surface area contributed by atoms with Crippen LogP contribution < -0.4 is 0 Å². The number of aliphatic hydroxyl groups is 1. The highest BCUT2D eigenvalue weighted by molar-refractivity contribution is 5.59. The van der Waals surface area contributed by atoms with E-state index in [2.05, 4.69) is 4.98 Å². The molecule has 0 aliphatic carbocycles. The lowest BCUT2D eigenvalue weighted by molar-refractivity contribution is 0.282. The summed E-state index contributed by atoms with van der Waals surface area (Å²) in [6, 6.07) is 9.93. The van der Waals surface area contributed by atoms with Crippen LogP contribution in [0.15, 0.2) is 42.6 Å². The maximum absolute atomic E-state index is 12.9. The first-order valence-electron chi connectivity index (χ1n) is 4.61. The zero-order valence-corrected chi connectivity index (χ0v) is 8.02. The average Bonchev–Trinajstić information content (AvgIpc) is 2.29. The number of hydrogen-bond donors (Lipinski definition) is 1. The maximum Gasteiger partial charge on any atom is 0.126 e. The Morgan fingerprint density at radius 3 is 2.80 bits per heavy atom. The Morgan fingerprint density at radius 1 is 1.20 bits per heavy atom. The van der Waals surface area contributed by atoms with Gasteiger partial charge >= 0.3 is 0 Å². The average molecular weight is 203 g/mol. The Hall–Kier alpha value is -1.74. The Balaban J connectivity index is 2.44. The van der Waals surface area contributed by atoms with Gasteiger partial charge in [0, 0.05) is 17.8 Å². The molecule has 2 aromatic rings. The van der Waals surface area contributed by atoms with Crippen molar-refractivity contribution >= 4 is 0 Å². The molecule has 0 saturated heterocycles.